The van der Waals surface area contributed by atoms with Gasteiger partial charge in [0.1, 0.15) is 0 Å². The Hall–Kier alpha value is -2.33. The predicted octanol–water partition coefficient (Wildman–Crippen LogP) is 3.19. The number of rotatable bonds is 3. The Morgan fingerprint density at radius 2 is 1.87 bits per heavy atom. The van der Waals surface area contributed by atoms with Gasteiger partial charge in [-0.1, -0.05) is 18.2 Å². The molecule has 0 spiro atoms. The number of piperazine rings is 1. The van der Waals surface area contributed by atoms with Crippen LogP contribution in [0.1, 0.15) is 11.4 Å². The van der Waals surface area contributed by atoms with Crippen LogP contribution in [-0.4, -0.2) is 41.0 Å². The first-order chi connectivity index (χ1) is 11.3. The van der Waals surface area contributed by atoms with E-state index in [0.717, 1.165) is 38.4 Å². The van der Waals surface area contributed by atoms with Gasteiger partial charge in [0.25, 0.3) is 0 Å². The van der Waals surface area contributed by atoms with Crippen LogP contribution in [-0.2, 0) is 6.54 Å². The van der Waals surface area contributed by atoms with Crippen molar-refractivity contribution in [3.63, 3.8) is 0 Å². The number of aromatic amines is 1. The zero-order valence-corrected chi connectivity index (χ0v) is 13.5. The predicted molar refractivity (Wildman–Crippen MR) is 94.8 cm³/mol. The molecule has 4 rings (SSSR count). The average Bonchev–Trinajstić information content (AvgIpc) is 2.98. The van der Waals surface area contributed by atoms with Crippen LogP contribution in [0.15, 0.2) is 48.7 Å². The summed E-state index contributed by atoms with van der Waals surface area (Å²) < 4.78 is 0. The number of benzene rings is 1. The van der Waals surface area contributed by atoms with Crippen molar-refractivity contribution in [2.24, 2.45) is 0 Å². The minimum atomic E-state index is 0.998. The number of pyridine rings is 1. The van der Waals surface area contributed by atoms with Crippen molar-refractivity contribution in [3.05, 3.63) is 60.0 Å². The SMILES string of the molecule is Cc1cc(N2CCN(Cc3cc4ccccc4[nH]3)CC2)ccn1. The molecule has 1 aromatic carbocycles. The van der Waals surface area contributed by atoms with Gasteiger partial charge in [-0.15, -0.1) is 0 Å². The Morgan fingerprint density at radius 3 is 2.65 bits per heavy atom. The average molecular weight is 306 g/mol. The minimum absolute atomic E-state index is 0.998. The van der Waals surface area contributed by atoms with Gasteiger partial charge < -0.3 is 9.88 Å². The number of aromatic nitrogens is 2. The van der Waals surface area contributed by atoms with Gasteiger partial charge in [0, 0.05) is 61.5 Å². The number of para-hydroxylation sites is 1. The highest BCUT2D eigenvalue weighted by atomic mass is 15.3. The third-order valence-corrected chi connectivity index (χ3v) is 4.60. The maximum atomic E-state index is 4.28. The largest absolute Gasteiger partial charge is 0.369 e. The Morgan fingerprint density at radius 1 is 1.04 bits per heavy atom. The van der Waals surface area contributed by atoms with Crippen LogP contribution in [0, 0.1) is 6.92 Å². The Labute approximate surface area is 136 Å². The number of hydrogen-bond acceptors (Lipinski definition) is 3. The number of fused-ring (bicyclic) bond motifs is 1. The van der Waals surface area contributed by atoms with Crippen LogP contribution < -0.4 is 4.90 Å². The molecule has 118 valence electrons. The summed E-state index contributed by atoms with van der Waals surface area (Å²) >= 11 is 0. The summed E-state index contributed by atoms with van der Waals surface area (Å²) in [5, 5.41) is 1.30. The molecule has 0 atom stereocenters. The van der Waals surface area contributed by atoms with E-state index >= 15 is 0 Å². The lowest BCUT2D eigenvalue weighted by Gasteiger charge is -2.36. The highest BCUT2D eigenvalue weighted by Crippen LogP contribution is 2.19. The quantitative estimate of drug-likeness (QED) is 0.807. The van der Waals surface area contributed by atoms with Gasteiger partial charge in [-0.05, 0) is 36.6 Å². The lowest BCUT2D eigenvalue weighted by atomic mass is 10.2. The van der Waals surface area contributed by atoms with Crippen molar-refractivity contribution in [3.8, 4) is 0 Å². The van der Waals surface area contributed by atoms with Gasteiger partial charge in [0.2, 0.25) is 0 Å². The summed E-state index contributed by atoms with van der Waals surface area (Å²) in [4.78, 5) is 12.8. The number of nitrogens with zero attached hydrogens (tertiary/aromatic N) is 3. The van der Waals surface area contributed by atoms with E-state index in [4.69, 9.17) is 0 Å². The van der Waals surface area contributed by atoms with E-state index in [1.54, 1.807) is 0 Å². The molecule has 23 heavy (non-hydrogen) atoms. The van der Waals surface area contributed by atoms with Crippen molar-refractivity contribution < 1.29 is 0 Å². The standard InChI is InChI=1S/C19H22N4/c1-15-12-18(6-7-20-15)23-10-8-22(9-11-23)14-17-13-16-4-2-3-5-19(16)21-17/h2-7,12-13,21H,8-11,14H2,1H3. The van der Waals surface area contributed by atoms with Crippen LogP contribution in [0.2, 0.25) is 0 Å². The Balaban J connectivity index is 1.39. The van der Waals surface area contributed by atoms with Crippen LogP contribution in [0.3, 0.4) is 0 Å². The maximum absolute atomic E-state index is 4.28. The molecule has 4 heteroatoms. The first kappa shape index (κ1) is 14.3. The molecule has 1 saturated heterocycles. The van der Waals surface area contributed by atoms with E-state index in [-0.39, 0.29) is 0 Å². The van der Waals surface area contributed by atoms with Crippen molar-refractivity contribution >= 4 is 16.6 Å². The van der Waals surface area contributed by atoms with E-state index in [9.17, 15) is 0 Å². The maximum Gasteiger partial charge on any atom is 0.0456 e. The molecule has 0 radical (unpaired) electrons. The molecular weight excluding hydrogens is 284 g/mol. The van der Waals surface area contributed by atoms with E-state index < -0.39 is 0 Å². The van der Waals surface area contributed by atoms with Gasteiger partial charge >= 0.3 is 0 Å². The van der Waals surface area contributed by atoms with Gasteiger partial charge in [-0.2, -0.15) is 0 Å². The fraction of sp³-hybridized carbons (Fsp3) is 0.316. The molecule has 4 nitrogen and oxygen atoms in total. The molecule has 0 amide bonds. The third kappa shape index (κ3) is 3.08. The van der Waals surface area contributed by atoms with Crippen LogP contribution in [0.5, 0.6) is 0 Å². The first-order valence-electron chi connectivity index (χ1n) is 8.24. The zero-order chi connectivity index (χ0) is 15.6. The molecule has 1 fully saturated rings. The van der Waals surface area contributed by atoms with Gasteiger partial charge in [0.15, 0.2) is 0 Å². The Kier molecular flexibility index (Phi) is 3.75. The summed E-state index contributed by atoms with van der Waals surface area (Å²) in [5.41, 5.74) is 4.92. The van der Waals surface area contributed by atoms with Gasteiger partial charge in [-0.3, -0.25) is 9.88 Å². The van der Waals surface area contributed by atoms with E-state index in [1.165, 1.54) is 22.3 Å². The van der Waals surface area contributed by atoms with Crippen LogP contribution >= 0.6 is 0 Å². The number of nitrogens with one attached hydrogen (secondary N) is 1. The number of anilines is 1. The molecule has 3 aromatic rings. The molecular formula is C19H22N4. The van der Waals surface area contributed by atoms with Crippen molar-refractivity contribution in [1.29, 1.82) is 0 Å². The molecule has 0 unspecified atom stereocenters. The zero-order valence-electron chi connectivity index (χ0n) is 13.5. The summed E-state index contributed by atoms with van der Waals surface area (Å²) in [7, 11) is 0. The molecule has 1 N–H and O–H groups in total. The number of hydrogen-bond donors (Lipinski definition) is 1. The monoisotopic (exact) mass is 306 g/mol. The molecule has 0 bridgehead atoms. The second-order valence-corrected chi connectivity index (χ2v) is 6.30. The second kappa shape index (κ2) is 6.05. The first-order valence-corrected chi connectivity index (χ1v) is 8.24. The molecule has 0 aliphatic carbocycles. The van der Waals surface area contributed by atoms with Crippen molar-refractivity contribution in [1.82, 2.24) is 14.9 Å². The lowest BCUT2D eigenvalue weighted by molar-refractivity contribution is 0.247. The van der Waals surface area contributed by atoms with Crippen molar-refractivity contribution in [2.75, 3.05) is 31.1 Å². The van der Waals surface area contributed by atoms with E-state index in [0.29, 0.717) is 0 Å². The molecule has 1 aliphatic rings. The molecule has 2 aromatic heterocycles. The molecule has 0 saturated carbocycles. The number of aryl methyl sites for hydroxylation is 1. The summed E-state index contributed by atoms with van der Waals surface area (Å²) in [6.45, 7) is 7.38. The smallest absolute Gasteiger partial charge is 0.0456 e. The number of H-pyrrole nitrogens is 1. The van der Waals surface area contributed by atoms with E-state index in [2.05, 4.69) is 69.2 Å². The molecule has 3 heterocycles. The third-order valence-electron chi connectivity index (χ3n) is 4.60. The highest BCUT2D eigenvalue weighted by molar-refractivity contribution is 5.80. The Bertz CT molecular complexity index is 767. The normalized spacial score (nSPS) is 16.1. The van der Waals surface area contributed by atoms with E-state index in [1.807, 2.05) is 6.20 Å². The highest BCUT2D eigenvalue weighted by Gasteiger charge is 2.18. The summed E-state index contributed by atoms with van der Waals surface area (Å²) in [5.74, 6) is 0. The van der Waals surface area contributed by atoms with Crippen molar-refractivity contribution in [2.45, 2.75) is 13.5 Å². The fourth-order valence-corrected chi connectivity index (χ4v) is 3.35. The topological polar surface area (TPSA) is 35.2 Å². The van der Waals surface area contributed by atoms with Gasteiger partial charge in [0.05, 0.1) is 0 Å². The minimum Gasteiger partial charge on any atom is -0.369 e. The van der Waals surface area contributed by atoms with Crippen LogP contribution in [0.25, 0.3) is 10.9 Å². The second-order valence-electron chi connectivity index (χ2n) is 6.30. The lowest BCUT2D eigenvalue weighted by Crippen LogP contribution is -2.46. The van der Waals surface area contributed by atoms with Crippen LogP contribution in [0.4, 0.5) is 5.69 Å². The summed E-state index contributed by atoms with van der Waals surface area (Å²) in [6, 6.07) is 15.0. The fourth-order valence-electron chi connectivity index (χ4n) is 3.35. The van der Waals surface area contributed by atoms with Gasteiger partial charge in [-0.25, -0.2) is 0 Å². The summed E-state index contributed by atoms with van der Waals surface area (Å²) in [6.07, 6.45) is 1.90. The molecule has 1 aliphatic heterocycles.